The molecule has 0 radical (unpaired) electrons. The van der Waals surface area contributed by atoms with Crippen LogP contribution in [0.1, 0.15) is 33.8 Å². The van der Waals surface area contributed by atoms with Crippen molar-refractivity contribution >= 4 is 23.3 Å². The first-order chi connectivity index (χ1) is 16.8. The Kier molecular flexibility index (Phi) is 6.80. The topological polar surface area (TPSA) is 123 Å². The number of nitrogens with two attached hydrogens (primary N) is 1. The average molecular weight is 497 g/mol. The van der Waals surface area contributed by atoms with Crippen LogP contribution in [0.4, 0.5) is 14.6 Å². The van der Waals surface area contributed by atoms with Crippen molar-refractivity contribution < 1.29 is 18.1 Å². The summed E-state index contributed by atoms with van der Waals surface area (Å²) in [5.74, 6) is -1.17. The van der Waals surface area contributed by atoms with Crippen molar-refractivity contribution in [1.29, 1.82) is 5.26 Å². The molecule has 0 unspecified atom stereocenters. The predicted octanol–water partition coefficient (Wildman–Crippen LogP) is 4.58. The molecule has 0 aliphatic carbocycles. The van der Waals surface area contributed by atoms with Crippen molar-refractivity contribution in [3.63, 3.8) is 0 Å². The third kappa shape index (κ3) is 4.72. The summed E-state index contributed by atoms with van der Waals surface area (Å²) in [6, 6.07) is 11.8. The minimum Gasteiger partial charge on any atom is -0.382 e. The molecule has 4 aromatic rings. The van der Waals surface area contributed by atoms with Crippen LogP contribution in [0, 0.1) is 29.9 Å². The molecule has 2 aromatic carbocycles. The highest BCUT2D eigenvalue weighted by molar-refractivity contribution is 6.33. The third-order valence-electron chi connectivity index (χ3n) is 5.34. The van der Waals surface area contributed by atoms with E-state index in [0.29, 0.717) is 24.2 Å². The second-order valence-electron chi connectivity index (χ2n) is 7.63. The lowest BCUT2D eigenvalue weighted by Crippen LogP contribution is -2.25. The van der Waals surface area contributed by atoms with Gasteiger partial charge in [-0.05, 0) is 56.2 Å². The van der Waals surface area contributed by atoms with Gasteiger partial charge in [-0.25, -0.2) is 13.5 Å². The van der Waals surface area contributed by atoms with Gasteiger partial charge in [0.25, 0.3) is 5.91 Å². The van der Waals surface area contributed by atoms with E-state index >= 15 is 0 Å². The van der Waals surface area contributed by atoms with Gasteiger partial charge < -0.3 is 15.6 Å². The third-order valence-corrected chi connectivity index (χ3v) is 5.66. The molecule has 2 heterocycles. The molecular formula is C24H19ClF2N6O2. The Bertz CT molecular complexity index is 1420. The molecule has 0 saturated carbocycles. The van der Waals surface area contributed by atoms with Gasteiger partial charge in [-0.3, -0.25) is 4.79 Å². The average Bonchev–Trinajstić information content (AvgIpc) is 3.36. The molecule has 0 aliphatic rings. The number of halogens is 3. The summed E-state index contributed by atoms with van der Waals surface area (Å²) < 4.78 is 34.1. The highest BCUT2D eigenvalue weighted by atomic mass is 35.5. The maximum Gasteiger partial charge on any atom is 0.257 e. The van der Waals surface area contributed by atoms with Crippen LogP contribution < -0.4 is 11.1 Å². The zero-order valence-electron chi connectivity index (χ0n) is 18.5. The van der Waals surface area contributed by atoms with Gasteiger partial charge in [0.15, 0.2) is 0 Å². The van der Waals surface area contributed by atoms with Gasteiger partial charge in [0.1, 0.15) is 46.1 Å². The molecule has 0 fully saturated rings. The zero-order valence-corrected chi connectivity index (χ0v) is 19.2. The first-order valence-corrected chi connectivity index (χ1v) is 10.9. The zero-order chi connectivity index (χ0) is 25.1. The van der Waals surface area contributed by atoms with E-state index in [9.17, 15) is 18.8 Å². The number of anilines is 1. The normalized spacial score (nSPS) is 10.8. The van der Waals surface area contributed by atoms with Crippen molar-refractivity contribution in [3.8, 4) is 23.0 Å². The molecule has 1 amide bonds. The van der Waals surface area contributed by atoms with Crippen molar-refractivity contribution in [3.05, 3.63) is 81.7 Å². The Labute approximate surface area is 203 Å². The van der Waals surface area contributed by atoms with E-state index in [-0.39, 0.29) is 45.5 Å². The molecular weight excluding hydrogens is 478 g/mol. The van der Waals surface area contributed by atoms with Crippen molar-refractivity contribution in [1.82, 2.24) is 20.3 Å². The molecule has 0 spiro atoms. The second kappa shape index (κ2) is 9.95. The van der Waals surface area contributed by atoms with Crippen LogP contribution in [0.5, 0.6) is 0 Å². The number of amides is 1. The Morgan fingerprint density at radius 2 is 2.00 bits per heavy atom. The van der Waals surface area contributed by atoms with E-state index in [1.54, 1.807) is 6.92 Å². The van der Waals surface area contributed by atoms with Crippen LogP contribution in [0.15, 0.2) is 47.0 Å². The van der Waals surface area contributed by atoms with Crippen molar-refractivity contribution in [2.24, 2.45) is 0 Å². The largest absolute Gasteiger partial charge is 0.382 e. The Morgan fingerprint density at radius 1 is 1.26 bits per heavy atom. The molecule has 3 N–H and O–H groups in total. The van der Waals surface area contributed by atoms with E-state index in [2.05, 4.69) is 15.6 Å². The molecule has 11 heteroatoms. The van der Waals surface area contributed by atoms with Crippen LogP contribution in [0.2, 0.25) is 5.02 Å². The minimum absolute atomic E-state index is 0.0145. The Hall–Kier alpha value is -4.23. The summed E-state index contributed by atoms with van der Waals surface area (Å²) in [6.07, 6.45) is 0.774. The summed E-state index contributed by atoms with van der Waals surface area (Å²) in [7, 11) is 0. The summed E-state index contributed by atoms with van der Waals surface area (Å²) in [6.45, 7) is 1.77. The fourth-order valence-electron chi connectivity index (χ4n) is 3.63. The number of hydrogen-bond acceptors (Lipinski definition) is 6. The van der Waals surface area contributed by atoms with E-state index in [4.69, 9.17) is 21.9 Å². The number of benzene rings is 2. The number of aryl methyl sites for hydroxylation is 2. The predicted molar refractivity (Wildman–Crippen MR) is 125 cm³/mol. The van der Waals surface area contributed by atoms with E-state index in [1.807, 2.05) is 6.07 Å². The van der Waals surface area contributed by atoms with Gasteiger partial charge in [0.2, 0.25) is 0 Å². The smallest absolute Gasteiger partial charge is 0.257 e. The molecule has 0 aliphatic heterocycles. The monoisotopic (exact) mass is 496 g/mol. The summed E-state index contributed by atoms with van der Waals surface area (Å²) in [4.78, 5) is 12.8. The second-order valence-corrected chi connectivity index (χ2v) is 8.03. The maximum atomic E-state index is 14.4. The summed E-state index contributed by atoms with van der Waals surface area (Å²) in [5, 5.41) is 20.6. The standard InChI is InChI=1S/C24H19ClF2N6O2/c1-13-20(22(32-35-13)21-17(25)4-2-5-18(21)27)24(34)30-11-3-6-19-16(12-28)23(29)33(31-19)15-9-7-14(26)8-10-15/h2,4-5,7-10H,3,6,11,29H2,1H3,(H,30,34). The SMILES string of the molecule is Cc1onc(-c2c(F)cccc2Cl)c1C(=O)NCCCc1nn(-c2ccc(F)cc2)c(N)c1C#N. The number of nitrogen functional groups attached to an aromatic ring is 1. The number of aromatic nitrogens is 3. The number of hydrogen-bond donors (Lipinski definition) is 2. The molecule has 4 rings (SSSR count). The van der Waals surface area contributed by atoms with Crippen LogP contribution in [0.3, 0.4) is 0 Å². The lowest BCUT2D eigenvalue weighted by Gasteiger charge is -2.07. The van der Waals surface area contributed by atoms with Gasteiger partial charge in [0.05, 0.1) is 22.0 Å². The highest BCUT2D eigenvalue weighted by Crippen LogP contribution is 2.33. The number of carbonyl (C=O) groups excluding carboxylic acids is 1. The number of nitrogens with zero attached hydrogens (tertiary/aromatic N) is 4. The summed E-state index contributed by atoms with van der Waals surface area (Å²) >= 11 is 6.12. The lowest BCUT2D eigenvalue weighted by molar-refractivity contribution is 0.0952. The van der Waals surface area contributed by atoms with Crippen molar-refractivity contribution in [2.75, 3.05) is 12.3 Å². The van der Waals surface area contributed by atoms with Crippen LogP contribution in [-0.2, 0) is 6.42 Å². The van der Waals surface area contributed by atoms with E-state index in [0.717, 1.165) is 0 Å². The molecule has 2 aromatic heterocycles. The first-order valence-electron chi connectivity index (χ1n) is 10.5. The maximum absolute atomic E-state index is 14.4. The Balaban J connectivity index is 1.46. The van der Waals surface area contributed by atoms with Gasteiger partial charge in [-0.1, -0.05) is 22.8 Å². The van der Waals surface area contributed by atoms with Gasteiger partial charge >= 0.3 is 0 Å². The van der Waals surface area contributed by atoms with Gasteiger partial charge in [-0.2, -0.15) is 10.4 Å². The number of rotatable bonds is 7. The first kappa shape index (κ1) is 23.9. The van der Waals surface area contributed by atoms with Crippen LogP contribution in [0.25, 0.3) is 16.9 Å². The molecule has 8 nitrogen and oxygen atoms in total. The lowest BCUT2D eigenvalue weighted by atomic mass is 10.0. The quantitative estimate of drug-likeness (QED) is 0.361. The Morgan fingerprint density at radius 3 is 2.69 bits per heavy atom. The molecule has 35 heavy (non-hydrogen) atoms. The molecule has 0 bridgehead atoms. The highest BCUT2D eigenvalue weighted by Gasteiger charge is 2.25. The fraction of sp³-hybridized carbons (Fsp3) is 0.167. The fourth-order valence-corrected chi connectivity index (χ4v) is 3.89. The number of carbonyl (C=O) groups is 1. The number of nitrogens with one attached hydrogen (secondary N) is 1. The molecule has 0 atom stereocenters. The molecule has 0 saturated heterocycles. The number of nitriles is 1. The van der Waals surface area contributed by atoms with Crippen molar-refractivity contribution in [2.45, 2.75) is 19.8 Å². The van der Waals surface area contributed by atoms with E-state index < -0.39 is 17.5 Å². The van der Waals surface area contributed by atoms with Gasteiger partial charge in [0, 0.05) is 6.54 Å². The summed E-state index contributed by atoms with van der Waals surface area (Å²) in [5.41, 5.74) is 7.33. The molecule has 178 valence electrons. The van der Waals surface area contributed by atoms with Crippen LogP contribution in [-0.4, -0.2) is 27.4 Å². The van der Waals surface area contributed by atoms with Gasteiger partial charge in [-0.15, -0.1) is 0 Å². The van der Waals surface area contributed by atoms with Crippen LogP contribution >= 0.6 is 11.6 Å². The minimum atomic E-state index is -0.627. The van der Waals surface area contributed by atoms with E-state index in [1.165, 1.54) is 47.1 Å².